The number of carboxylic acid groups (broad SMARTS) is 1. The molecule has 4 rings (SSSR count). The van der Waals surface area contributed by atoms with Gasteiger partial charge in [0.15, 0.2) is 0 Å². The number of carbonyl (C=O) groups is 3. The van der Waals surface area contributed by atoms with E-state index in [-0.39, 0.29) is 32.0 Å². The lowest BCUT2D eigenvalue weighted by Gasteiger charge is -2.48. The highest BCUT2D eigenvalue weighted by Gasteiger charge is 2.49. The summed E-state index contributed by atoms with van der Waals surface area (Å²) in [4.78, 5) is 37.7. The number of benzene rings is 2. The summed E-state index contributed by atoms with van der Waals surface area (Å²) in [7, 11) is 0. The van der Waals surface area contributed by atoms with Crippen molar-refractivity contribution in [3.8, 4) is 11.1 Å². The van der Waals surface area contributed by atoms with Gasteiger partial charge in [-0.2, -0.15) is 0 Å². The Morgan fingerprint density at radius 1 is 1.03 bits per heavy atom. The van der Waals surface area contributed by atoms with Crippen LogP contribution in [0.5, 0.6) is 0 Å². The summed E-state index contributed by atoms with van der Waals surface area (Å²) in [5.74, 6) is -1.13. The molecule has 8 nitrogen and oxygen atoms in total. The molecule has 1 aliphatic heterocycles. The van der Waals surface area contributed by atoms with Gasteiger partial charge in [-0.1, -0.05) is 48.5 Å². The van der Waals surface area contributed by atoms with E-state index >= 15 is 0 Å². The lowest BCUT2D eigenvalue weighted by molar-refractivity contribution is -0.140. The van der Waals surface area contributed by atoms with Crippen molar-refractivity contribution < 1.29 is 29.0 Å². The monoisotopic (exact) mass is 452 g/mol. The molecular formula is C25H28N2O6. The number of aliphatic carboxylic acids is 1. The Morgan fingerprint density at radius 2 is 1.58 bits per heavy atom. The summed E-state index contributed by atoms with van der Waals surface area (Å²) in [5, 5.41) is 11.9. The van der Waals surface area contributed by atoms with E-state index in [9.17, 15) is 19.5 Å². The first-order valence-corrected chi connectivity index (χ1v) is 10.9. The van der Waals surface area contributed by atoms with Gasteiger partial charge >= 0.3 is 18.2 Å². The Kier molecular flexibility index (Phi) is 5.78. The summed E-state index contributed by atoms with van der Waals surface area (Å²) in [6.45, 7) is 5.42. The number of hydrogen-bond acceptors (Lipinski definition) is 5. The third-order valence-corrected chi connectivity index (χ3v) is 5.84. The van der Waals surface area contributed by atoms with Crippen molar-refractivity contribution >= 4 is 18.2 Å². The van der Waals surface area contributed by atoms with Gasteiger partial charge in [-0.3, -0.25) is 4.79 Å². The third-order valence-electron chi connectivity index (χ3n) is 5.84. The number of alkyl carbamates (subject to hydrolysis) is 1. The molecule has 0 saturated carbocycles. The smallest absolute Gasteiger partial charge is 0.409 e. The second-order valence-corrected chi connectivity index (χ2v) is 9.64. The van der Waals surface area contributed by atoms with E-state index in [4.69, 9.17) is 9.47 Å². The molecule has 1 aliphatic carbocycles. The average Bonchev–Trinajstić information content (AvgIpc) is 3.02. The molecule has 1 saturated heterocycles. The fourth-order valence-electron chi connectivity index (χ4n) is 4.54. The Balaban J connectivity index is 1.39. The molecular weight excluding hydrogens is 424 g/mol. The van der Waals surface area contributed by atoms with Crippen LogP contribution in [0, 0.1) is 0 Å². The molecule has 2 aromatic carbocycles. The largest absolute Gasteiger partial charge is 0.481 e. The molecule has 174 valence electrons. The van der Waals surface area contributed by atoms with Crippen LogP contribution in [0.4, 0.5) is 9.59 Å². The van der Waals surface area contributed by atoms with Gasteiger partial charge in [-0.25, -0.2) is 9.59 Å². The SMILES string of the molecule is CC(C)(C)OC(=O)NC1(CC(=O)O)CN(C(=O)OCC2c3ccccc3-c3ccccc32)C1. The number of ether oxygens (including phenoxy) is 2. The van der Waals surface area contributed by atoms with Crippen molar-refractivity contribution in [3.63, 3.8) is 0 Å². The van der Waals surface area contributed by atoms with Gasteiger partial charge in [0.05, 0.1) is 12.0 Å². The predicted molar refractivity (Wildman–Crippen MR) is 121 cm³/mol. The molecule has 0 aromatic heterocycles. The molecule has 0 radical (unpaired) electrons. The van der Waals surface area contributed by atoms with Crippen molar-refractivity contribution in [1.82, 2.24) is 10.2 Å². The van der Waals surface area contributed by atoms with Crippen LogP contribution < -0.4 is 5.32 Å². The zero-order valence-electron chi connectivity index (χ0n) is 19.0. The van der Waals surface area contributed by atoms with Gasteiger partial charge in [0.1, 0.15) is 12.2 Å². The number of likely N-dealkylation sites (tertiary alicyclic amines) is 1. The summed E-state index contributed by atoms with van der Waals surface area (Å²) in [5.41, 5.74) is 2.70. The zero-order valence-corrected chi connectivity index (χ0v) is 19.0. The number of carbonyl (C=O) groups excluding carboxylic acids is 2. The number of rotatable bonds is 5. The minimum absolute atomic E-state index is 0.0369. The number of hydrogen-bond donors (Lipinski definition) is 2. The van der Waals surface area contributed by atoms with E-state index in [0.717, 1.165) is 22.3 Å². The minimum atomic E-state index is -1.08. The highest BCUT2D eigenvalue weighted by molar-refractivity contribution is 5.79. The molecule has 0 unspecified atom stereocenters. The lowest BCUT2D eigenvalue weighted by Crippen LogP contribution is -2.72. The van der Waals surface area contributed by atoms with Gasteiger partial charge in [-0.05, 0) is 43.0 Å². The molecule has 2 aliphatic rings. The summed E-state index contributed by atoms with van der Waals surface area (Å²) < 4.78 is 10.9. The van der Waals surface area contributed by atoms with E-state index in [0.29, 0.717) is 0 Å². The Bertz CT molecular complexity index is 1040. The topological polar surface area (TPSA) is 105 Å². The van der Waals surface area contributed by atoms with E-state index in [1.807, 2.05) is 36.4 Å². The first kappa shape index (κ1) is 22.6. The lowest BCUT2D eigenvalue weighted by atomic mass is 9.86. The molecule has 0 bridgehead atoms. The van der Waals surface area contributed by atoms with E-state index in [1.165, 1.54) is 4.90 Å². The fraction of sp³-hybridized carbons (Fsp3) is 0.400. The minimum Gasteiger partial charge on any atom is -0.481 e. The van der Waals surface area contributed by atoms with Crippen molar-refractivity contribution in [2.24, 2.45) is 0 Å². The Hall–Kier alpha value is -3.55. The second kappa shape index (κ2) is 8.42. The normalized spacial score (nSPS) is 16.3. The van der Waals surface area contributed by atoms with Crippen LogP contribution in [0.3, 0.4) is 0 Å². The number of nitrogens with zero attached hydrogens (tertiary/aromatic N) is 1. The molecule has 2 aromatic rings. The summed E-state index contributed by atoms with van der Waals surface area (Å²) >= 11 is 0. The molecule has 0 spiro atoms. The molecule has 8 heteroatoms. The standard InChI is InChI=1S/C25H28N2O6/c1-24(2,3)33-22(30)26-25(12-21(28)29)14-27(15-25)23(31)32-13-20-18-10-6-4-8-16(18)17-9-5-7-11-19(17)20/h4-11,20H,12-15H2,1-3H3,(H,26,30)(H,28,29). The molecule has 2 N–H and O–H groups in total. The maximum absolute atomic E-state index is 12.7. The number of amides is 2. The molecule has 2 amide bonds. The van der Waals surface area contributed by atoms with Crippen LogP contribution in [0.2, 0.25) is 0 Å². The predicted octanol–water partition coefficient (Wildman–Crippen LogP) is 3.99. The second-order valence-electron chi connectivity index (χ2n) is 9.64. The Labute approximate surface area is 192 Å². The first-order chi connectivity index (χ1) is 15.6. The van der Waals surface area contributed by atoms with Crippen molar-refractivity contribution in [3.05, 3.63) is 59.7 Å². The van der Waals surface area contributed by atoms with Crippen molar-refractivity contribution in [1.29, 1.82) is 0 Å². The van der Waals surface area contributed by atoms with E-state index < -0.39 is 29.3 Å². The maximum atomic E-state index is 12.7. The van der Waals surface area contributed by atoms with Crippen LogP contribution in [0.15, 0.2) is 48.5 Å². The molecule has 33 heavy (non-hydrogen) atoms. The van der Waals surface area contributed by atoms with E-state index in [1.54, 1.807) is 20.8 Å². The van der Waals surface area contributed by atoms with Gasteiger partial charge in [0.2, 0.25) is 0 Å². The van der Waals surface area contributed by atoms with Gasteiger partial charge < -0.3 is 24.8 Å². The van der Waals surface area contributed by atoms with Gasteiger partial charge in [0, 0.05) is 19.0 Å². The van der Waals surface area contributed by atoms with Crippen LogP contribution >= 0.6 is 0 Å². The summed E-state index contributed by atoms with van der Waals surface area (Å²) in [6, 6.07) is 16.1. The third kappa shape index (κ3) is 4.79. The van der Waals surface area contributed by atoms with Crippen LogP contribution in [0.25, 0.3) is 11.1 Å². The van der Waals surface area contributed by atoms with Crippen molar-refractivity contribution in [2.75, 3.05) is 19.7 Å². The van der Waals surface area contributed by atoms with Crippen molar-refractivity contribution in [2.45, 2.75) is 44.2 Å². The number of nitrogens with one attached hydrogen (secondary N) is 1. The van der Waals surface area contributed by atoms with Crippen LogP contribution in [-0.4, -0.2) is 59.0 Å². The highest BCUT2D eigenvalue weighted by Crippen LogP contribution is 2.44. The molecule has 1 fully saturated rings. The van der Waals surface area contributed by atoms with Crippen LogP contribution in [0.1, 0.15) is 44.2 Å². The zero-order chi connectivity index (χ0) is 23.8. The Morgan fingerprint density at radius 3 is 2.09 bits per heavy atom. The molecule has 0 atom stereocenters. The first-order valence-electron chi connectivity index (χ1n) is 10.9. The van der Waals surface area contributed by atoms with E-state index in [2.05, 4.69) is 17.4 Å². The highest BCUT2D eigenvalue weighted by atomic mass is 16.6. The summed E-state index contributed by atoms with van der Waals surface area (Å²) in [6.07, 6.45) is -1.57. The average molecular weight is 453 g/mol. The number of fused-ring (bicyclic) bond motifs is 3. The fourth-order valence-corrected chi connectivity index (χ4v) is 4.54. The van der Waals surface area contributed by atoms with Crippen LogP contribution in [-0.2, 0) is 14.3 Å². The molecule has 1 heterocycles. The quantitative estimate of drug-likeness (QED) is 0.711. The maximum Gasteiger partial charge on any atom is 0.409 e. The van der Waals surface area contributed by atoms with Gasteiger partial charge in [-0.15, -0.1) is 0 Å². The van der Waals surface area contributed by atoms with Gasteiger partial charge in [0.25, 0.3) is 0 Å². The number of carboxylic acids is 1.